The molecule has 24 heavy (non-hydrogen) atoms. The Morgan fingerprint density at radius 3 is 2.54 bits per heavy atom. The maximum absolute atomic E-state index is 12.3. The molecule has 0 unspecified atom stereocenters. The van der Waals surface area contributed by atoms with E-state index in [9.17, 15) is 23.1 Å². The third-order valence-electron chi connectivity index (χ3n) is 5.49. The monoisotopic (exact) mass is 352 g/mol. The molecule has 0 spiro atoms. The van der Waals surface area contributed by atoms with Gasteiger partial charge in [0.15, 0.2) is 0 Å². The number of carbonyl (C=O) groups is 1. The molecule has 0 bridgehead atoms. The molecule has 2 saturated carbocycles. The molecule has 2 aliphatic rings. The molecule has 138 valence electrons. The zero-order valence-electron chi connectivity index (χ0n) is 13.3. The summed E-state index contributed by atoms with van der Waals surface area (Å²) in [4.78, 5) is 11.6. The summed E-state index contributed by atoms with van der Waals surface area (Å²) >= 11 is 0. The topological polar surface area (TPSA) is 116 Å². The highest BCUT2D eigenvalue weighted by molar-refractivity contribution is 6.40. The molecule has 2 rings (SSSR count). The Balaban J connectivity index is 2.00. The summed E-state index contributed by atoms with van der Waals surface area (Å²) in [6, 6.07) is -0.286. The van der Waals surface area contributed by atoms with Crippen LogP contribution in [0.1, 0.15) is 32.1 Å². The SMILES string of the molecule is N[C@@]1(C(=O)O)C[C@H]2C[C@@H](NCC(F)(F)F)C[C@H]2[C@@H]1CCCB(O)O. The second kappa shape index (κ2) is 7.19. The molecule has 0 amide bonds. The van der Waals surface area contributed by atoms with Crippen molar-refractivity contribution in [2.75, 3.05) is 6.54 Å². The largest absolute Gasteiger partial charge is 0.480 e. The standard InChI is InChI=1S/C14H24BF3N2O4/c16-14(17,18)7-20-9-4-8-6-13(19,12(21)22)11(10(8)5-9)2-1-3-15(23)24/h8-11,20,23-24H,1-7,19H2,(H,21,22)/t8-,9-,10-,11+,13+/m1/s1. The fourth-order valence-electron chi connectivity index (χ4n) is 4.52. The number of rotatable bonds is 7. The third kappa shape index (κ3) is 4.41. The van der Waals surface area contributed by atoms with Crippen LogP contribution in [0.15, 0.2) is 0 Å². The van der Waals surface area contributed by atoms with Crippen LogP contribution in [0.2, 0.25) is 6.32 Å². The number of alkyl halides is 3. The number of carboxylic acids is 1. The first-order valence-corrected chi connectivity index (χ1v) is 8.21. The van der Waals surface area contributed by atoms with E-state index in [4.69, 9.17) is 15.8 Å². The highest BCUT2D eigenvalue weighted by Crippen LogP contribution is 2.53. The van der Waals surface area contributed by atoms with Gasteiger partial charge in [-0.2, -0.15) is 13.2 Å². The van der Waals surface area contributed by atoms with Gasteiger partial charge in [-0.05, 0) is 49.8 Å². The van der Waals surface area contributed by atoms with E-state index < -0.39 is 31.3 Å². The summed E-state index contributed by atoms with van der Waals surface area (Å²) in [6.07, 6.45) is -2.09. The second-order valence-corrected chi connectivity index (χ2v) is 7.16. The lowest BCUT2D eigenvalue weighted by molar-refractivity contribution is -0.145. The molecular formula is C14H24BF3N2O4. The smallest absolute Gasteiger partial charge is 0.451 e. The first-order valence-electron chi connectivity index (χ1n) is 8.21. The van der Waals surface area contributed by atoms with Gasteiger partial charge in [0.1, 0.15) is 5.54 Å². The van der Waals surface area contributed by atoms with Crippen molar-refractivity contribution >= 4 is 13.1 Å². The maximum Gasteiger partial charge on any atom is 0.451 e. The fraction of sp³-hybridized carbons (Fsp3) is 0.929. The van der Waals surface area contributed by atoms with Crippen LogP contribution in [0.25, 0.3) is 0 Å². The van der Waals surface area contributed by atoms with E-state index in [-0.39, 0.29) is 36.5 Å². The van der Waals surface area contributed by atoms with Crippen molar-refractivity contribution in [2.45, 2.75) is 56.2 Å². The van der Waals surface area contributed by atoms with Crippen LogP contribution < -0.4 is 11.1 Å². The molecule has 0 aliphatic heterocycles. The predicted molar refractivity (Wildman–Crippen MR) is 81.0 cm³/mol. The van der Waals surface area contributed by atoms with Crippen molar-refractivity contribution in [2.24, 2.45) is 23.5 Å². The van der Waals surface area contributed by atoms with Gasteiger partial charge in [-0.3, -0.25) is 4.79 Å². The van der Waals surface area contributed by atoms with Crippen LogP contribution in [0.3, 0.4) is 0 Å². The fourth-order valence-corrected chi connectivity index (χ4v) is 4.52. The van der Waals surface area contributed by atoms with E-state index in [0.29, 0.717) is 25.7 Å². The summed E-state index contributed by atoms with van der Waals surface area (Å²) < 4.78 is 37.0. The van der Waals surface area contributed by atoms with Gasteiger partial charge in [0.05, 0.1) is 6.54 Å². The number of aliphatic carboxylic acids is 1. The summed E-state index contributed by atoms with van der Waals surface area (Å²) in [5.74, 6) is -1.52. The van der Waals surface area contributed by atoms with Gasteiger partial charge in [0, 0.05) is 6.04 Å². The van der Waals surface area contributed by atoms with E-state index in [1.54, 1.807) is 0 Å². The Hall–Kier alpha value is -0.835. The Kier molecular flexibility index (Phi) is 5.84. The second-order valence-electron chi connectivity index (χ2n) is 7.16. The summed E-state index contributed by atoms with van der Waals surface area (Å²) in [6.45, 7) is -1.05. The molecule has 0 heterocycles. The van der Waals surface area contributed by atoms with E-state index in [2.05, 4.69) is 5.32 Å². The molecule has 0 saturated heterocycles. The Bertz CT molecular complexity index is 466. The molecule has 0 aromatic carbocycles. The normalized spacial score (nSPS) is 35.9. The average molecular weight is 352 g/mol. The van der Waals surface area contributed by atoms with Crippen LogP contribution in [0.4, 0.5) is 13.2 Å². The highest BCUT2D eigenvalue weighted by Gasteiger charge is 2.58. The van der Waals surface area contributed by atoms with Crippen LogP contribution in [0.5, 0.6) is 0 Å². The molecular weight excluding hydrogens is 328 g/mol. The molecule has 0 aromatic rings. The first kappa shape index (κ1) is 19.5. The van der Waals surface area contributed by atoms with Crippen LogP contribution >= 0.6 is 0 Å². The Morgan fingerprint density at radius 2 is 2.00 bits per heavy atom. The minimum atomic E-state index is -4.27. The molecule has 6 nitrogen and oxygen atoms in total. The molecule has 2 fully saturated rings. The lowest BCUT2D eigenvalue weighted by Crippen LogP contribution is -2.52. The molecule has 5 atom stereocenters. The predicted octanol–water partition coefficient (Wildman–Crippen LogP) is 0.588. The zero-order chi connectivity index (χ0) is 18.1. The summed E-state index contributed by atoms with van der Waals surface area (Å²) in [7, 11) is -1.45. The van der Waals surface area contributed by atoms with Gasteiger partial charge in [-0.15, -0.1) is 0 Å². The van der Waals surface area contributed by atoms with Crippen LogP contribution in [0, 0.1) is 17.8 Å². The van der Waals surface area contributed by atoms with Gasteiger partial charge in [0.25, 0.3) is 0 Å². The van der Waals surface area contributed by atoms with Crippen LogP contribution in [-0.2, 0) is 4.79 Å². The van der Waals surface area contributed by atoms with Crippen molar-refractivity contribution in [1.29, 1.82) is 0 Å². The minimum Gasteiger partial charge on any atom is -0.480 e. The quantitative estimate of drug-likeness (QED) is 0.428. The molecule has 2 aliphatic carbocycles. The highest BCUT2D eigenvalue weighted by atomic mass is 19.4. The van der Waals surface area contributed by atoms with Gasteiger partial charge in [-0.25, -0.2) is 0 Å². The molecule has 0 aromatic heterocycles. The number of hydrogen-bond donors (Lipinski definition) is 5. The van der Waals surface area contributed by atoms with E-state index in [1.165, 1.54) is 0 Å². The van der Waals surface area contributed by atoms with Gasteiger partial charge >= 0.3 is 19.3 Å². The Morgan fingerprint density at radius 1 is 1.33 bits per heavy atom. The number of halogens is 3. The number of nitrogens with two attached hydrogens (primary N) is 1. The molecule has 10 heteroatoms. The third-order valence-corrected chi connectivity index (χ3v) is 5.49. The average Bonchev–Trinajstić information content (AvgIpc) is 2.92. The Labute approximate surface area is 138 Å². The van der Waals surface area contributed by atoms with Crippen molar-refractivity contribution < 1.29 is 33.1 Å². The van der Waals surface area contributed by atoms with Crippen molar-refractivity contribution in [1.82, 2.24) is 5.32 Å². The van der Waals surface area contributed by atoms with Crippen molar-refractivity contribution in [3.05, 3.63) is 0 Å². The summed E-state index contributed by atoms with van der Waals surface area (Å²) in [5.41, 5.74) is 4.73. The molecule has 6 N–H and O–H groups in total. The van der Waals surface area contributed by atoms with Crippen molar-refractivity contribution in [3.8, 4) is 0 Å². The lowest BCUT2D eigenvalue weighted by atomic mass is 9.75. The minimum absolute atomic E-state index is 0.0131. The zero-order valence-corrected chi connectivity index (χ0v) is 13.3. The number of carboxylic acid groups (broad SMARTS) is 1. The van der Waals surface area contributed by atoms with Gasteiger partial charge in [-0.1, -0.05) is 6.42 Å². The summed E-state index contributed by atoms with van der Waals surface area (Å²) in [5, 5.41) is 29.9. The number of fused-ring (bicyclic) bond motifs is 1. The van der Waals surface area contributed by atoms with E-state index >= 15 is 0 Å². The van der Waals surface area contributed by atoms with Crippen LogP contribution in [-0.4, -0.2) is 52.5 Å². The molecule has 0 radical (unpaired) electrons. The maximum atomic E-state index is 12.3. The van der Waals surface area contributed by atoms with Gasteiger partial charge < -0.3 is 26.2 Å². The lowest BCUT2D eigenvalue weighted by Gasteiger charge is -2.31. The van der Waals surface area contributed by atoms with E-state index in [1.807, 2.05) is 0 Å². The number of nitrogens with one attached hydrogen (secondary N) is 1. The van der Waals surface area contributed by atoms with Crippen molar-refractivity contribution in [3.63, 3.8) is 0 Å². The van der Waals surface area contributed by atoms with Gasteiger partial charge in [0.2, 0.25) is 0 Å². The number of hydrogen-bond acceptors (Lipinski definition) is 5. The first-order chi connectivity index (χ1) is 11.0. The van der Waals surface area contributed by atoms with E-state index in [0.717, 1.165) is 0 Å².